The molecule has 0 spiro atoms. The number of hydrogen-bond acceptors (Lipinski definition) is 4. The molecule has 1 aliphatic rings. The second-order valence-electron chi connectivity index (χ2n) is 6.35. The van der Waals surface area contributed by atoms with E-state index in [2.05, 4.69) is 50.2 Å². The van der Waals surface area contributed by atoms with E-state index >= 15 is 0 Å². The van der Waals surface area contributed by atoms with Crippen LogP contribution in [0.15, 0.2) is 0 Å². The number of hydrogen-bond donors (Lipinski definition) is 2. The molecular formula is C16H28N4. The normalized spacial score (nSPS) is 22.3. The predicted molar refractivity (Wildman–Crippen MR) is 85.4 cm³/mol. The third-order valence-corrected chi connectivity index (χ3v) is 4.06. The van der Waals surface area contributed by atoms with Crippen molar-refractivity contribution in [3.8, 4) is 0 Å². The highest BCUT2D eigenvalue weighted by molar-refractivity contribution is 5.57. The minimum atomic E-state index is 0.344. The van der Waals surface area contributed by atoms with Crippen molar-refractivity contribution in [2.24, 2.45) is 5.92 Å². The van der Waals surface area contributed by atoms with Crippen LogP contribution >= 0.6 is 0 Å². The smallest absolute Gasteiger partial charge is 0.135 e. The van der Waals surface area contributed by atoms with E-state index in [4.69, 9.17) is 4.98 Å². The van der Waals surface area contributed by atoms with Gasteiger partial charge in [-0.15, -0.1) is 0 Å². The molecule has 2 N–H and O–H groups in total. The van der Waals surface area contributed by atoms with E-state index in [1.807, 2.05) is 0 Å². The topological polar surface area (TPSA) is 49.8 Å². The SMILES string of the molecule is CCNc1nc(C(C)C)nc(NC2CCC(C)C2)c1C. The fourth-order valence-electron chi connectivity index (χ4n) is 2.80. The van der Waals surface area contributed by atoms with E-state index in [9.17, 15) is 0 Å². The third-order valence-electron chi connectivity index (χ3n) is 4.06. The Morgan fingerprint density at radius 3 is 2.45 bits per heavy atom. The van der Waals surface area contributed by atoms with Crippen LogP contribution in [-0.2, 0) is 0 Å². The molecule has 1 saturated carbocycles. The van der Waals surface area contributed by atoms with E-state index < -0.39 is 0 Å². The van der Waals surface area contributed by atoms with E-state index in [1.54, 1.807) is 0 Å². The summed E-state index contributed by atoms with van der Waals surface area (Å²) >= 11 is 0. The number of anilines is 2. The van der Waals surface area contributed by atoms with Gasteiger partial charge in [0.15, 0.2) is 0 Å². The molecule has 4 heteroatoms. The van der Waals surface area contributed by atoms with Gasteiger partial charge in [-0.25, -0.2) is 9.97 Å². The van der Waals surface area contributed by atoms with Gasteiger partial charge in [-0.2, -0.15) is 0 Å². The predicted octanol–water partition coefficient (Wildman–Crippen LogP) is 3.94. The monoisotopic (exact) mass is 276 g/mol. The van der Waals surface area contributed by atoms with Crippen LogP contribution < -0.4 is 10.6 Å². The summed E-state index contributed by atoms with van der Waals surface area (Å²) in [7, 11) is 0. The maximum atomic E-state index is 4.74. The second-order valence-corrected chi connectivity index (χ2v) is 6.35. The van der Waals surface area contributed by atoms with Gasteiger partial charge in [-0.3, -0.25) is 0 Å². The molecule has 1 fully saturated rings. The van der Waals surface area contributed by atoms with Crippen molar-refractivity contribution in [2.45, 2.75) is 65.8 Å². The Morgan fingerprint density at radius 1 is 1.20 bits per heavy atom. The Labute approximate surface area is 122 Å². The summed E-state index contributed by atoms with van der Waals surface area (Å²) in [6, 6.07) is 0.563. The van der Waals surface area contributed by atoms with E-state index in [0.717, 1.165) is 35.5 Å². The van der Waals surface area contributed by atoms with E-state index in [0.29, 0.717) is 12.0 Å². The molecule has 1 heterocycles. The van der Waals surface area contributed by atoms with Crippen LogP contribution in [-0.4, -0.2) is 22.6 Å². The Kier molecular flexibility index (Phi) is 4.84. The Morgan fingerprint density at radius 2 is 1.90 bits per heavy atom. The molecule has 2 unspecified atom stereocenters. The molecule has 0 aromatic carbocycles. The van der Waals surface area contributed by atoms with Gasteiger partial charge >= 0.3 is 0 Å². The summed E-state index contributed by atoms with van der Waals surface area (Å²) < 4.78 is 0. The van der Waals surface area contributed by atoms with Gasteiger partial charge in [0.2, 0.25) is 0 Å². The second kappa shape index (κ2) is 6.42. The zero-order chi connectivity index (χ0) is 14.7. The van der Waals surface area contributed by atoms with Crippen LogP contribution in [0.3, 0.4) is 0 Å². The Balaban J connectivity index is 2.25. The van der Waals surface area contributed by atoms with Gasteiger partial charge in [0.1, 0.15) is 17.5 Å². The van der Waals surface area contributed by atoms with Crippen molar-refractivity contribution >= 4 is 11.6 Å². The number of rotatable bonds is 5. The first kappa shape index (κ1) is 15.1. The van der Waals surface area contributed by atoms with Crippen LogP contribution in [0.2, 0.25) is 0 Å². The average molecular weight is 276 g/mol. The van der Waals surface area contributed by atoms with Crippen molar-refractivity contribution < 1.29 is 0 Å². The molecule has 0 bridgehead atoms. The third kappa shape index (κ3) is 3.41. The number of aromatic nitrogens is 2. The molecule has 1 aromatic heterocycles. The molecule has 0 amide bonds. The van der Waals surface area contributed by atoms with E-state index in [-0.39, 0.29) is 0 Å². The summed E-state index contributed by atoms with van der Waals surface area (Å²) in [4.78, 5) is 9.39. The van der Waals surface area contributed by atoms with Crippen LogP contribution in [0.1, 0.15) is 64.3 Å². The molecule has 0 aliphatic heterocycles. The first-order valence-corrected chi connectivity index (χ1v) is 7.90. The molecule has 0 saturated heterocycles. The van der Waals surface area contributed by atoms with Crippen molar-refractivity contribution in [2.75, 3.05) is 17.2 Å². The Bertz CT molecular complexity index is 456. The lowest BCUT2D eigenvalue weighted by molar-refractivity contribution is 0.602. The number of nitrogens with zero attached hydrogens (tertiary/aromatic N) is 2. The summed E-state index contributed by atoms with van der Waals surface area (Å²) in [5.41, 5.74) is 1.14. The summed E-state index contributed by atoms with van der Waals surface area (Å²) in [5.74, 6) is 4.07. The Hall–Kier alpha value is -1.32. The van der Waals surface area contributed by atoms with Crippen LogP contribution in [0.5, 0.6) is 0 Å². The zero-order valence-corrected chi connectivity index (χ0v) is 13.5. The molecule has 4 nitrogen and oxygen atoms in total. The quantitative estimate of drug-likeness (QED) is 0.855. The van der Waals surface area contributed by atoms with Gasteiger partial charge in [-0.05, 0) is 39.0 Å². The summed E-state index contributed by atoms with van der Waals surface area (Å²) in [6.07, 6.45) is 3.81. The first-order valence-electron chi connectivity index (χ1n) is 7.90. The highest BCUT2D eigenvalue weighted by atomic mass is 15.1. The fourth-order valence-corrected chi connectivity index (χ4v) is 2.80. The molecular weight excluding hydrogens is 248 g/mol. The van der Waals surface area contributed by atoms with Crippen LogP contribution in [0, 0.1) is 12.8 Å². The highest BCUT2D eigenvalue weighted by Gasteiger charge is 2.23. The van der Waals surface area contributed by atoms with Crippen molar-refractivity contribution in [3.05, 3.63) is 11.4 Å². The van der Waals surface area contributed by atoms with Crippen molar-refractivity contribution in [3.63, 3.8) is 0 Å². The lowest BCUT2D eigenvalue weighted by Gasteiger charge is -2.19. The largest absolute Gasteiger partial charge is 0.370 e. The standard InChI is InChI=1S/C16H28N4/c1-6-17-15-12(5)16(20-14(19-15)10(2)3)18-13-8-7-11(4)9-13/h10-11,13H,6-9H2,1-5H3,(H2,17,18,19,20). The van der Waals surface area contributed by atoms with Gasteiger partial charge < -0.3 is 10.6 Å². The zero-order valence-electron chi connectivity index (χ0n) is 13.5. The molecule has 1 aromatic rings. The number of nitrogens with one attached hydrogen (secondary N) is 2. The lowest BCUT2D eigenvalue weighted by Crippen LogP contribution is -2.19. The fraction of sp³-hybridized carbons (Fsp3) is 0.750. The van der Waals surface area contributed by atoms with E-state index in [1.165, 1.54) is 19.3 Å². The summed E-state index contributed by atoms with van der Waals surface area (Å²) in [6.45, 7) is 11.7. The van der Waals surface area contributed by atoms with Crippen molar-refractivity contribution in [1.29, 1.82) is 0 Å². The molecule has 112 valence electrons. The van der Waals surface area contributed by atoms with Crippen molar-refractivity contribution in [1.82, 2.24) is 9.97 Å². The first-order chi connectivity index (χ1) is 9.51. The van der Waals surface area contributed by atoms with Gasteiger partial charge in [0.05, 0.1) is 0 Å². The minimum absolute atomic E-state index is 0.344. The summed E-state index contributed by atoms with van der Waals surface area (Å²) in [5, 5.41) is 7.00. The van der Waals surface area contributed by atoms with Gasteiger partial charge in [0, 0.05) is 24.1 Å². The van der Waals surface area contributed by atoms with Gasteiger partial charge in [-0.1, -0.05) is 20.8 Å². The minimum Gasteiger partial charge on any atom is -0.370 e. The molecule has 2 atom stereocenters. The van der Waals surface area contributed by atoms with Gasteiger partial charge in [0.25, 0.3) is 0 Å². The van der Waals surface area contributed by atoms with Crippen LogP contribution in [0.4, 0.5) is 11.6 Å². The van der Waals surface area contributed by atoms with Crippen LogP contribution in [0.25, 0.3) is 0 Å². The lowest BCUT2D eigenvalue weighted by atomic mass is 10.1. The maximum absolute atomic E-state index is 4.74. The average Bonchev–Trinajstić information content (AvgIpc) is 2.79. The molecule has 0 radical (unpaired) electrons. The molecule has 20 heavy (non-hydrogen) atoms. The molecule has 1 aliphatic carbocycles. The molecule has 2 rings (SSSR count). The highest BCUT2D eigenvalue weighted by Crippen LogP contribution is 2.30. The maximum Gasteiger partial charge on any atom is 0.135 e.